The van der Waals surface area contributed by atoms with Crippen LogP contribution in [0, 0.1) is 0 Å². The zero-order chi connectivity index (χ0) is 5.98. The van der Waals surface area contributed by atoms with Crippen LogP contribution in [0.3, 0.4) is 0 Å². The Morgan fingerprint density at radius 1 is 1.75 bits per heavy atom. The summed E-state index contributed by atoms with van der Waals surface area (Å²) in [6.45, 7) is 0.865. The van der Waals surface area contributed by atoms with Gasteiger partial charge in [0, 0.05) is 6.20 Å². The van der Waals surface area contributed by atoms with Crippen molar-refractivity contribution < 1.29 is 0 Å². The zero-order valence-corrected chi connectivity index (χ0v) is 7.18. The second-order valence-electron chi connectivity index (χ2n) is 1.33. The molecule has 0 bridgehead atoms. The summed E-state index contributed by atoms with van der Waals surface area (Å²) < 4.78 is 2.65. The Kier molecular flexibility index (Phi) is 2.08. The van der Waals surface area contributed by atoms with E-state index in [4.69, 9.17) is 0 Å². The standard InChI is InChI=1S/C4H4Br2N2/c5-4-7-2-1-3-8(4)6/h1-2H,3H2. The number of hydrogen-bond acceptors (Lipinski definition) is 2. The molecule has 0 aromatic rings. The molecule has 1 aliphatic heterocycles. The van der Waals surface area contributed by atoms with Crippen LogP contribution in [0.4, 0.5) is 0 Å². The molecule has 0 aliphatic carbocycles. The van der Waals surface area contributed by atoms with Crippen molar-refractivity contribution in [3.05, 3.63) is 12.3 Å². The molecule has 0 aromatic heterocycles. The average Bonchev–Trinajstić information content (AvgIpc) is 1.77. The highest BCUT2D eigenvalue weighted by Crippen LogP contribution is 2.09. The molecule has 4 heteroatoms. The Hall–Kier alpha value is 0.170. The molecular formula is C4H4Br2N2. The molecule has 0 radical (unpaired) electrons. The molecule has 0 unspecified atom stereocenters. The van der Waals surface area contributed by atoms with Gasteiger partial charge in [-0.25, -0.2) is 4.99 Å². The highest BCUT2D eigenvalue weighted by Gasteiger charge is 2.02. The van der Waals surface area contributed by atoms with E-state index in [-0.39, 0.29) is 0 Å². The van der Waals surface area contributed by atoms with E-state index in [0.29, 0.717) is 0 Å². The summed E-state index contributed by atoms with van der Waals surface area (Å²) in [6.07, 6.45) is 3.72. The summed E-state index contributed by atoms with van der Waals surface area (Å²) in [5.41, 5.74) is 0. The largest absolute Gasteiger partial charge is 0.283 e. The van der Waals surface area contributed by atoms with Crippen LogP contribution in [0.25, 0.3) is 0 Å². The molecule has 1 rings (SSSR count). The first-order chi connectivity index (χ1) is 3.80. The molecule has 0 N–H and O–H groups in total. The van der Waals surface area contributed by atoms with Crippen molar-refractivity contribution in [1.82, 2.24) is 3.93 Å². The van der Waals surface area contributed by atoms with Crippen LogP contribution in [0.1, 0.15) is 0 Å². The van der Waals surface area contributed by atoms with Crippen molar-refractivity contribution in [3.63, 3.8) is 0 Å². The molecule has 0 aromatic carbocycles. The maximum atomic E-state index is 3.94. The van der Waals surface area contributed by atoms with E-state index in [2.05, 4.69) is 37.1 Å². The van der Waals surface area contributed by atoms with Crippen LogP contribution in [0.2, 0.25) is 0 Å². The molecule has 2 nitrogen and oxygen atoms in total. The fraction of sp³-hybridized carbons (Fsp3) is 0.250. The molecule has 0 atom stereocenters. The first kappa shape index (κ1) is 6.29. The molecule has 8 heavy (non-hydrogen) atoms. The lowest BCUT2D eigenvalue weighted by atomic mass is 10.6. The van der Waals surface area contributed by atoms with Crippen LogP contribution in [0.5, 0.6) is 0 Å². The maximum Gasteiger partial charge on any atom is 0.183 e. The summed E-state index contributed by atoms with van der Waals surface area (Å²) >= 11 is 6.49. The topological polar surface area (TPSA) is 15.6 Å². The Balaban J connectivity index is 2.66. The van der Waals surface area contributed by atoms with Crippen molar-refractivity contribution >= 4 is 36.8 Å². The Morgan fingerprint density at radius 2 is 2.50 bits per heavy atom. The van der Waals surface area contributed by atoms with Crippen molar-refractivity contribution in [3.8, 4) is 0 Å². The third kappa shape index (κ3) is 1.32. The number of aliphatic imine (C=N–C) groups is 1. The van der Waals surface area contributed by atoms with Crippen molar-refractivity contribution in [2.75, 3.05) is 6.54 Å². The fourth-order valence-corrected chi connectivity index (χ4v) is 0.914. The van der Waals surface area contributed by atoms with E-state index >= 15 is 0 Å². The quantitative estimate of drug-likeness (QED) is 0.466. The molecular weight excluding hydrogens is 236 g/mol. The molecule has 1 aliphatic rings. The Bertz CT molecular complexity index is 141. The Labute approximate surface area is 64.7 Å². The summed E-state index contributed by atoms with van der Waals surface area (Å²) in [4.78, 5) is 3.94. The van der Waals surface area contributed by atoms with Crippen LogP contribution < -0.4 is 0 Å². The minimum Gasteiger partial charge on any atom is -0.283 e. The van der Waals surface area contributed by atoms with Gasteiger partial charge in [-0.15, -0.1) is 0 Å². The van der Waals surface area contributed by atoms with Gasteiger partial charge in [0.2, 0.25) is 0 Å². The molecule has 0 saturated heterocycles. The molecule has 0 spiro atoms. The van der Waals surface area contributed by atoms with Gasteiger partial charge in [0.1, 0.15) is 0 Å². The minimum atomic E-state index is 0.819. The van der Waals surface area contributed by atoms with E-state index in [1.54, 1.807) is 6.20 Å². The first-order valence-electron chi connectivity index (χ1n) is 2.12. The Morgan fingerprint density at radius 3 is 2.88 bits per heavy atom. The fourth-order valence-electron chi connectivity index (χ4n) is 0.392. The zero-order valence-electron chi connectivity index (χ0n) is 4.01. The number of rotatable bonds is 0. The van der Waals surface area contributed by atoms with Gasteiger partial charge in [-0.1, -0.05) is 0 Å². The normalized spacial score (nSPS) is 18.8. The molecule has 0 amide bonds. The van der Waals surface area contributed by atoms with Gasteiger partial charge in [-0.3, -0.25) is 3.93 Å². The predicted octanol–water partition coefficient (Wildman–Crippen LogP) is 1.88. The molecule has 44 valence electrons. The van der Waals surface area contributed by atoms with E-state index in [0.717, 1.165) is 11.3 Å². The van der Waals surface area contributed by atoms with E-state index in [1.165, 1.54) is 0 Å². The van der Waals surface area contributed by atoms with Crippen LogP contribution in [-0.4, -0.2) is 15.2 Å². The number of nitrogens with zero attached hydrogens (tertiary/aromatic N) is 2. The van der Waals surface area contributed by atoms with Gasteiger partial charge in [-0.2, -0.15) is 0 Å². The van der Waals surface area contributed by atoms with E-state index in [9.17, 15) is 0 Å². The van der Waals surface area contributed by atoms with Crippen molar-refractivity contribution in [2.45, 2.75) is 0 Å². The minimum absolute atomic E-state index is 0.819. The monoisotopic (exact) mass is 238 g/mol. The lowest BCUT2D eigenvalue weighted by molar-refractivity contribution is 0.787. The van der Waals surface area contributed by atoms with Crippen molar-refractivity contribution in [2.24, 2.45) is 4.99 Å². The van der Waals surface area contributed by atoms with Gasteiger partial charge >= 0.3 is 0 Å². The second kappa shape index (κ2) is 2.64. The number of halogens is 2. The average molecular weight is 240 g/mol. The number of hydrogen-bond donors (Lipinski definition) is 0. The first-order valence-corrected chi connectivity index (χ1v) is 3.62. The molecule has 0 fully saturated rings. The van der Waals surface area contributed by atoms with E-state index < -0.39 is 0 Å². The highest BCUT2D eigenvalue weighted by molar-refractivity contribution is 9.19. The second-order valence-corrected chi connectivity index (χ2v) is 2.89. The molecule has 1 heterocycles. The van der Waals surface area contributed by atoms with Gasteiger partial charge in [0.15, 0.2) is 4.74 Å². The third-order valence-corrected chi connectivity index (χ3v) is 2.49. The third-order valence-electron chi connectivity index (χ3n) is 0.752. The summed E-state index contributed by atoms with van der Waals surface area (Å²) in [7, 11) is 0. The molecule has 0 saturated carbocycles. The van der Waals surface area contributed by atoms with Crippen molar-refractivity contribution in [1.29, 1.82) is 0 Å². The van der Waals surface area contributed by atoms with Gasteiger partial charge < -0.3 is 0 Å². The smallest absolute Gasteiger partial charge is 0.183 e. The van der Waals surface area contributed by atoms with Crippen LogP contribution in [-0.2, 0) is 0 Å². The van der Waals surface area contributed by atoms with Crippen LogP contribution in [0.15, 0.2) is 17.3 Å². The lowest BCUT2D eigenvalue weighted by Gasteiger charge is -2.12. The summed E-state index contributed by atoms with van der Waals surface area (Å²) in [5, 5.41) is 0. The highest BCUT2D eigenvalue weighted by atomic mass is 79.9. The predicted molar refractivity (Wildman–Crippen MR) is 41.1 cm³/mol. The van der Waals surface area contributed by atoms with E-state index in [1.807, 2.05) is 10.0 Å². The van der Waals surface area contributed by atoms with Gasteiger partial charge in [0.25, 0.3) is 0 Å². The number of amidine groups is 1. The maximum absolute atomic E-state index is 3.94. The SMILES string of the molecule is BrC1=NC=CCN1Br. The van der Waals surface area contributed by atoms with Gasteiger partial charge in [-0.05, 0) is 22.0 Å². The van der Waals surface area contributed by atoms with Gasteiger partial charge in [0.05, 0.1) is 22.7 Å². The summed E-state index contributed by atoms with van der Waals surface area (Å²) in [5.74, 6) is 0. The summed E-state index contributed by atoms with van der Waals surface area (Å²) in [6, 6.07) is 0. The van der Waals surface area contributed by atoms with Crippen LogP contribution >= 0.6 is 32.1 Å². The lowest BCUT2D eigenvalue weighted by Crippen LogP contribution is -2.16.